The number of Topliss-reactive ketones (excluding diaryl/α,β-unsaturated/α-hetero) is 1. The van der Waals surface area contributed by atoms with E-state index in [9.17, 15) is 9.59 Å². The van der Waals surface area contributed by atoms with Gasteiger partial charge >= 0.3 is 5.97 Å². The van der Waals surface area contributed by atoms with Crippen molar-refractivity contribution in [2.75, 3.05) is 26.9 Å². The van der Waals surface area contributed by atoms with Gasteiger partial charge in [0.05, 0.1) is 22.2 Å². The predicted molar refractivity (Wildman–Crippen MR) is 113 cm³/mol. The van der Waals surface area contributed by atoms with Crippen LogP contribution in [-0.4, -0.2) is 43.3 Å². The molecule has 2 rings (SSSR count). The first kappa shape index (κ1) is 23.3. The summed E-state index contributed by atoms with van der Waals surface area (Å²) in [7, 11) is 1.66. The lowest BCUT2D eigenvalue weighted by Gasteiger charge is -2.12. The number of ketones is 1. The Bertz CT molecular complexity index is 868. The lowest BCUT2D eigenvalue weighted by atomic mass is 10.1. The van der Waals surface area contributed by atoms with E-state index in [0.717, 1.165) is 24.4 Å². The number of hydrogen-bond donors (Lipinski definition) is 0. The lowest BCUT2D eigenvalue weighted by molar-refractivity contribution is 0.0526. The Morgan fingerprint density at radius 2 is 1.76 bits per heavy atom. The Hall–Kier alpha value is -2.02. The van der Waals surface area contributed by atoms with E-state index in [4.69, 9.17) is 37.4 Å². The summed E-state index contributed by atoms with van der Waals surface area (Å²) in [5.41, 5.74) is 2.69. The normalized spacial score (nSPS) is 10.8. The minimum Gasteiger partial charge on any atom is -0.482 e. The van der Waals surface area contributed by atoms with Crippen LogP contribution in [0.15, 0.2) is 18.2 Å². The largest absolute Gasteiger partial charge is 0.482 e. The summed E-state index contributed by atoms with van der Waals surface area (Å²) in [6.45, 7) is 7.01. The van der Waals surface area contributed by atoms with E-state index in [-0.39, 0.29) is 40.4 Å². The standard InChI is InChI=1S/C21H25Cl2NO5/c1-5-28-21(26)15-10-17(22)20(18(23)11-15)29-12-19(25)16-9-13(2)24(14(16)3)7-6-8-27-4/h9-11H,5-8,12H2,1-4H3. The zero-order valence-electron chi connectivity index (χ0n) is 17.0. The molecule has 0 radical (unpaired) electrons. The molecule has 0 fully saturated rings. The number of ether oxygens (including phenoxy) is 3. The van der Waals surface area contributed by atoms with Crippen molar-refractivity contribution in [3.63, 3.8) is 0 Å². The fourth-order valence-corrected chi connectivity index (χ4v) is 3.64. The molecule has 29 heavy (non-hydrogen) atoms. The predicted octanol–water partition coefficient (Wildman–Crippen LogP) is 4.89. The second-order valence-electron chi connectivity index (χ2n) is 6.48. The molecule has 1 heterocycles. The summed E-state index contributed by atoms with van der Waals surface area (Å²) in [6, 6.07) is 4.67. The van der Waals surface area contributed by atoms with Gasteiger partial charge in [0.2, 0.25) is 5.78 Å². The molecule has 0 amide bonds. The number of halogens is 2. The first-order valence-electron chi connectivity index (χ1n) is 9.27. The van der Waals surface area contributed by atoms with Crippen molar-refractivity contribution in [2.45, 2.75) is 33.7 Å². The van der Waals surface area contributed by atoms with Gasteiger partial charge in [-0.3, -0.25) is 4.79 Å². The van der Waals surface area contributed by atoms with Gasteiger partial charge in [-0.2, -0.15) is 0 Å². The number of esters is 1. The maximum Gasteiger partial charge on any atom is 0.338 e. The van der Waals surface area contributed by atoms with Crippen molar-refractivity contribution in [2.24, 2.45) is 0 Å². The zero-order chi connectivity index (χ0) is 21.6. The number of carbonyl (C=O) groups is 2. The van der Waals surface area contributed by atoms with Crippen LogP contribution in [0.25, 0.3) is 0 Å². The lowest BCUT2D eigenvalue weighted by Crippen LogP contribution is -2.14. The molecule has 2 aromatic rings. The highest BCUT2D eigenvalue weighted by Crippen LogP contribution is 2.34. The van der Waals surface area contributed by atoms with Crippen molar-refractivity contribution < 1.29 is 23.8 Å². The van der Waals surface area contributed by atoms with Crippen LogP contribution in [0.2, 0.25) is 10.0 Å². The molecular formula is C21H25Cl2NO5. The third-order valence-corrected chi connectivity index (χ3v) is 5.02. The van der Waals surface area contributed by atoms with Gasteiger partial charge in [-0.25, -0.2) is 4.79 Å². The van der Waals surface area contributed by atoms with Crippen molar-refractivity contribution in [1.82, 2.24) is 4.57 Å². The molecule has 1 aromatic heterocycles. The molecule has 158 valence electrons. The monoisotopic (exact) mass is 441 g/mol. The van der Waals surface area contributed by atoms with Crippen LogP contribution in [0.1, 0.15) is 45.4 Å². The van der Waals surface area contributed by atoms with E-state index < -0.39 is 5.97 Å². The molecule has 0 unspecified atom stereocenters. The van der Waals surface area contributed by atoms with Crippen molar-refractivity contribution >= 4 is 35.0 Å². The quantitative estimate of drug-likeness (QED) is 0.298. The number of benzene rings is 1. The van der Waals surface area contributed by atoms with Crippen molar-refractivity contribution in [3.05, 3.63) is 50.8 Å². The van der Waals surface area contributed by atoms with E-state index >= 15 is 0 Å². The number of rotatable bonds is 10. The van der Waals surface area contributed by atoms with Crippen LogP contribution in [0.3, 0.4) is 0 Å². The molecule has 1 aromatic carbocycles. The Kier molecular flexibility index (Phi) is 8.56. The summed E-state index contributed by atoms with van der Waals surface area (Å²) < 4.78 is 17.7. The van der Waals surface area contributed by atoms with Crippen LogP contribution in [0.5, 0.6) is 5.75 Å². The molecule has 0 bridgehead atoms. The zero-order valence-corrected chi connectivity index (χ0v) is 18.5. The number of aromatic nitrogens is 1. The number of carbonyl (C=O) groups excluding carboxylic acids is 2. The molecule has 0 atom stereocenters. The highest BCUT2D eigenvalue weighted by molar-refractivity contribution is 6.37. The van der Waals surface area contributed by atoms with Crippen LogP contribution >= 0.6 is 23.2 Å². The second-order valence-corrected chi connectivity index (χ2v) is 7.30. The number of aryl methyl sites for hydroxylation is 1. The highest BCUT2D eigenvalue weighted by atomic mass is 35.5. The SMILES string of the molecule is CCOC(=O)c1cc(Cl)c(OCC(=O)c2cc(C)n(CCCOC)c2C)c(Cl)c1. The highest BCUT2D eigenvalue weighted by Gasteiger charge is 2.19. The van der Waals surface area contributed by atoms with Gasteiger partial charge in [0.1, 0.15) is 0 Å². The molecule has 6 nitrogen and oxygen atoms in total. The second kappa shape index (κ2) is 10.7. The topological polar surface area (TPSA) is 66.8 Å². The van der Waals surface area contributed by atoms with Crippen LogP contribution < -0.4 is 4.74 Å². The average molecular weight is 442 g/mol. The molecule has 8 heteroatoms. The van der Waals surface area contributed by atoms with Crippen molar-refractivity contribution in [3.8, 4) is 5.75 Å². The third-order valence-electron chi connectivity index (χ3n) is 4.46. The van der Waals surface area contributed by atoms with Gasteiger partial charge < -0.3 is 18.8 Å². The molecule has 0 saturated carbocycles. The minimum atomic E-state index is -0.528. The van der Waals surface area contributed by atoms with Crippen LogP contribution in [0.4, 0.5) is 0 Å². The van der Waals surface area contributed by atoms with Crippen molar-refractivity contribution in [1.29, 1.82) is 0 Å². The summed E-state index contributed by atoms with van der Waals surface area (Å²) in [4.78, 5) is 24.5. The maximum atomic E-state index is 12.7. The first-order valence-corrected chi connectivity index (χ1v) is 10.0. The van der Waals surface area contributed by atoms with E-state index in [0.29, 0.717) is 12.2 Å². The number of methoxy groups -OCH3 is 1. The Labute approximate surface area is 180 Å². The van der Waals surface area contributed by atoms with Gasteiger partial charge in [-0.15, -0.1) is 0 Å². The number of nitrogens with zero attached hydrogens (tertiary/aromatic N) is 1. The van der Waals surface area contributed by atoms with E-state index in [1.807, 2.05) is 19.9 Å². The molecular weight excluding hydrogens is 417 g/mol. The van der Waals surface area contributed by atoms with Gasteiger partial charge in [0.15, 0.2) is 12.4 Å². The summed E-state index contributed by atoms with van der Waals surface area (Å²) in [5, 5.41) is 0.275. The van der Waals surface area contributed by atoms with E-state index in [2.05, 4.69) is 4.57 Å². The Morgan fingerprint density at radius 3 is 2.34 bits per heavy atom. The van der Waals surface area contributed by atoms with Gasteiger partial charge in [-0.05, 0) is 45.4 Å². The van der Waals surface area contributed by atoms with Gasteiger partial charge in [0, 0.05) is 37.2 Å². The fourth-order valence-electron chi connectivity index (χ4n) is 3.04. The van der Waals surface area contributed by atoms with E-state index in [1.165, 1.54) is 12.1 Å². The smallest absolute Gasteiger partial charge is 0.338 e. The molecule has 0 aliphatic carbocycles. The third kappa shape index (κ3) is 5.75. The first-order chi connectivity index (χ1) is 13.8. The van der Waals surface area contributed by atoms with E-state index in [1.54, 1.807) is 14.0 Å². The fraction of sp³-hybridized carbons (Fsp3) is 0.429. The molecule has 0 aliphatic rings. The van der Waals surface area contributed by atoms with Gasteiger partial charge in [-0.1, -0.05) is 23.2 Å². The van der Waals surface area contributed by atoms with Crippen LogP contribution in [0, 0.1) is 13.8 Å². The molecule has 0 aliphatic heterocycles. The maximum absolute atomic E-state index is 12.7. The van der Waals surface area contributed by atoms with Gasteiger partial charge in [0.25, 0.3) is 0 Å². The molecule has 0 N–H and O–H groups in total. The average Bonchev–Trinajstić information content (AvgIpc) is 2.95. The molecule has 0 spiro atoms. The summed E-state index contributed by atoms with van der Waals surface area (Å²) in [5.74, 6) is -0.554. The Balaban J connectivity index is 2.11. The van der Waals surface area contributed by atoms with Crippen LogP contribution in [-0.2, 0) is 16.0 Å². The minimum absolute atomic E-state index is 0.137. The Morgan fingerprint density at radius 1 is 1.10 bits per heavy atom. The summed E-state index contributed by atoms with van der Waals surface area (Å²) >= 11 is 12.4. The summed E-state index contributed by atoms with van der Waals surface area (Å²) in [6.07, 6.45) is 0.856. The molecule has 0 saturated heterocycles. The number of hydrogen-bond acceptors (Lipinski definition) is 5.